The van der Waals surface area contributed by atoms with Crippen LogP contribution in [0.5, 0.6) is 0 Å². The third kappa shape index (κ3) is 6.82. The second-order valence-corrected chi connectivity index (χ2v) is 7.17. The molecule has 1 aliphatic heterocycles. The van der Waals surface area contributed by atoms with Gasteiger partial charge in [-0.1, -0.05) is 18.2 Å². The summed E-state index contributed by atoms with van der Waals surface area (Å²) >= 11 is 0. The monoisotopic (exact) mass is 524 g/mol. The van der Waals surface area contributed by atoms with Gasteiger partial charge in [-0.2, -0.15) is 0 Å². The Morgan fingerprint density at radius 2 is 2.00 bits per heavy atom. The molecule has 3 rings (SSSR count). The summed E-state index contributed by atoms with van der Waals surface area (Å²) in [6.07, 6.45) is 1.99. The van der Waals surface area contributed by atoms with Gasteiger partial charge in [0.15, 0.2) is 5.96 Å². The second-order valence-electron chi connectivity index (χ2n) is 7.17. The van der Waals surface area contributed by atoms with E-state index >= 15 is 0 Å². The average molecular weight is 524 g/mol. The highest BCUT2D eigenvalue weighted by atomic mass is 127. The van der Waals surface area contributed by atoms with Crippen LogP contribution in [0.3, 0.4) is 0 Å². The molecule has 0 bridgehead atoms. The van der Waals surface area contributed by atoms with Crippen molar-refractivity contribution in [3.8, 4) is 0 Å². The van der Waals surface area contributed by atoms with E-state index in [0.717, 1.165) is 55.5 Å². The molecule has 0 saturated carbocycles. The predicted octanol–water partition coefficient (Wildman–Crippen LogP) is 3.64. The Bertz CT molecular complexity index is 868. The Morgan fingerprint density at radius 3 is 2.67 bits per heavy atom. The van der Waals surface area contributed by atoms with Gasteiger partial charge in [-0.15, -0.1) is 24.0 Å². The molecule has 2 N–H and O–H groups in total. The molecule has 162 valence electrons. The molecule has 9 heteroatoms. The molecule has 0 atom stereocenters. The van der Waals surface area contributed by atoms with Crippen LogP contribution in [0, 0.1) is 17.0 Å². The van der Waals surface area contributed by atoms with Gasteiger partial charge in [0.25, 0.3) is 5.69 Å². The van der Waals surface area contributed by atoms with Gasteiger partial charge in [-0.3, -0.25) is 10.1 Å². The summed E-state index contributed by atoms with van der Waals surface area (Å²) in [6.45, 7) is 7.07. The molecule has 1 fully saturated rings. The van der Waals surface area contributed by atoms with Crippen molar-refractivity contribution in [3.63, 3.8) is 0 Å². The van der Waals surface area contributed by atoms with Gasteiger partial charge in [-0.25, -0.2) is 9.98 Å². The van der Waals surface area contributed by atoms with Gasteiger partial charge >= 0.3 is 0 Å². The average Bonchev–Trinajstić information content (AvgIpc) is 2.73. The topological polar surface area (TPSA) is 95.7 Å². The molecule has 1 aromatic carbocycles. The standard InChI is InChI=1S/C21H28N6O2.HI/c1-3-22-21(23-15-17-7-5-8-19(14-17)27(28)29)25-18-10-12-26(13-11-18)20-9-4-6-16(2)24-20;/h4-9,14,18H,3,10-13,15H2,1-2H3,(H2,22,23,25);1H. The zero-order valence-corrected chi connectivity index (χ0v) is 19.7. The lowest BCUT2D eigenvalue weighted by Crippen LogP contribution is -2.48. The van der Waals surface area contributed by atoms with Crippen LogP contribution in [0.1, 0.15) is 31.0 Å². The first kappa shape index (κ1) is 23.8. The summed E-state index contributed by atoms with van der Waals surface area (Å²) < 4.78 is 0. The summed E-state index contributed by atoms with van der Waals surface area (Å²) in [6, 6.07) is 13.1. The molecule has 8 nitrogen and oxygen atoms in total. The molecular weight excluding hydrogens is 495 g/mol. The molecule has 1 aliphatic rings. The quantitative estimate of drug-likeness (QED) is 0.197. The number of pyridine rings is 1. The van der Waals surface area contributed by atoms with Crippen LogP contribution in [0.25, 0.3) is 0 Å². The van der Waals surface area contributed by atoms with Gasteiger partial charge in [0, 0.05) is 43.5 Å². The largest absolute Gasteiger partial charge is 0.357 e. The fraction of sp³-hybridized carbons (Fsp3) is 0.429. The van der Waals surface area contributed by atoms with Crippen molar-refractivity contribution in [3.05, 3.63) is 63.8 Å². The van der Waals surface area contributed by atoms with Gasteiger partial charge in [0.05, 0.1) is 11.5 Å². The normalized spacial score (nSPS) is 14.7. The van der Waals surface area contributed by atoms with Crippen molar-refractivity contribution in [1.29, 1.82) is 0 Å². The zero-order chi connectivity index (χ0) is 20.6. The van der Waals surface area contributed by atoms with E-state index < -0.39 is 0 Å². The third-order valence-electron chi connectivity index (χ3n) is 4.92. The number of hydrogen-bond donors (Lipinski definition) is 2. The first-order chi connectivity index (χ1) is 14.0. The minimum Gasteiger partial charge on any atom is -0.357 e. The Labute approximate surface area is 194 Å². The molecule has 1 aromatic heterocycles. The minimum absolute atomic E-state index is 0. The first-order valence-corrected chi connectivity index (χ1v) is 10.0. The lowest BCUT2D eigenvalue weighted by molar-refractivity contribution is -0.384. The fourth-order valence-corrected chi connectivity index (χ4v) is 3.41. The number of aromatic nitrogens is 1. The van der Waals surface area contributed by atoms with Crippen molar-refractivity contribution in [2.75, 3.05) is 24.5 Å². The van der Waals surface area contributed by atoms with E-state index in [1.807, 2.05) is 32.0 Å². The Hall–Kier alpha value is -2.43. The molecule has 0 spiro atoms. The maximum absolute atomic E-state index is 10.9. The molecule has 30 heavy (non-hydrogen) atoms. The van der Waals surface area contributed by atoms with Crippen LogP contribution in [0.15, 0.2) is 47.5 Å². The maximum Gasteiger partial charge on any atom is 0.269 e. The van der Waals surface area contributed by atoms with E-state index in [-0.39, 0.29) is 34.6 Å². The third-order valence-corrected chi connectivity index (χ3v) is 4.92. The molecule has 2 aromatic rings. The number of hydrogen-bond acceptors (Lipinski definition) is 5. The summed E-state index contributed by atoms with van der Waals surface area (Å²) in [5.74, 6) is 1.78. The van der Waals surface area contributed by atoms with Crippen molar-refractivity contribution in [2.45, 2.75) is 39.3 Å². The Kier molecular flexibility index (Phi) is 9.28. The number of aliphatic imine (C=N–C) groups is 1. The molecular formula is C21H29IN6O2. The van der Waals surface area contributed by atoms with Gasteiger partial charge < -0.3 is 15.5 Å². The number of benzene rings is 1. The summed E-state index contributed by atoms with van der Waals surface area (Å²) in [5.41, 5.74) is 1.94. The lowest BCUT2D eigenvalue weighted by Gasteiger charge is -2.34. The van der Waals surface area contributed by atoms with Crippen LogP contribution in [-0.4, -0.2) is 41.5 Å². The van der Waals surface area contributed by atoms with E-state index in [1.165, 1.54) is 6.07 Å². The van der Waals surface area contributed by atoms with Crippen LogP contribution >= 0.6 is 24.0 Å². The highest BCUT2D eigenvalue weighted by Crippen LogP contribution is 2.18. The number of rotatable bonds is 6. The second kappa shape index (κ2) is 11.7. The Morgan fingerprint density at radius 1 is 1.27 bits per heavy atom. The Balaban J connectivity index is 0.00000320. The molecule has 0 amide bonds. The molecule has 2 heterocycles. The van der Waals surface area contributed by atoms with Gasteiger partial charge in [-0.05, 0) is 44.4 Å². The number of aryl methyl sites for hydroxylation is 1. The molecule has 0 unspecified atom stereocenters. The van der Waals surface area contributed by atoms with Crippen molar-refractivity contribution < 1.29 is 4.92 Å². The molecule has 1 saturated heterocycles. The first-order valence-electron chi connectivity index (χ1n) is 10.0. The van der Waals surface area contributed by atoms with Crippen molar-refractivity contribution >= 4 is 41.4 Å². The van der Waals surface area contributed by atoms with E-state index in [9.17, 15) is 10.1 Å². The number of nitro groups is 1. The van der Waals surface area contributed by atoms with Crippen LogP contribution in [-0.2, 0) is 6.54 Å². The number of nitrogens with zero attached hydrogens (tertiary/aromatic N) is 4. The van der Waals surface area contributed by atoms with E-state index in [4.69, 9.17) is 0 Å². The SMILES string of the molecule is CCNC(=NCc1cccc([N+](=O)[O-])c1)NC1CCN(c2cccc(C)n2)CC1.I. The lowest BCUT2D eigenvalue weighted by atomic mass is 10.1. The number of nitrogens with one attached hydrogen (secondary N) is 2. The maximum atomic E-state index is 10.9. The van der Waals surface area contributed by atoms with E-state index in [1.54, 1.807) is 12.1 Å². The number of anilines is 1. The number of halogens is 1. The molecule has 0 radical (unpaired) electrons. The highest BCUT2D eigenvalue weighted by molar-refractivity contribution is 14.0. The predicted molar refractivity (Wildman–Crippen MR) is 131 cm³/mol. The smallest absolute Gasteiger partial charge is 0.269 e. The fourth-order valence-electron chi connectivity index (χ4n) is 3.41. The van der Waals surface area contributed by atoms with Crippen molar-refractivity contribution in [2.24, 2.45) is 4.99 Å². The molecule has 0 aliphatic carbocycles. The van der Waals surface area contributed by atoms with Crippen LogP contribution in [0.2, 0.25) is 0 Å². The minimum atomic E-state index is -0.381. The highest BCUT2D eigenvalue weighted by Gasteiger charge is 2.21. The van der Waals surface area contributed by atoms with E-state index in [0.29, 0.717) is 12.6 Å². The number of piperidine rings is 1. The van der Waals surface area contributed by atoms with E-state index in [2.05, 4.69) is 31.6 Å². The zero-order valence-electron chi connectivity index (χ0n) is 17.4. The van der Waals surface area contributed by atoms with Gasteiger partial charge in [0.1, 0.15) is 5.82 Å². The summed E-state index contributed by atoms with van der Waals surface area (Å²) in [5, 5.41) is 17.7. The number of non-ortho nitro benzene ring substituents is 1. The number of guanidine groups is 1. The number of nitro benzene ring substituents is 1. The summed E-state index contributed by atoms with van der Waals surface area (Å²) in [4.78, 5) is 22.1. The van der Waals surface area contributed by atoms with Crippen LogP contribution in [0.4, 0.5) is 11.5 Å². The van der Waals surface area contributed by atoms with Crippen LogP contribution < -0.4 is 15.5 Å². The summed E-state index contributed by atoms with van der Waals surface area (Å²) in [7, 11) is 0. The van der Waals surface area contributed by atoms with Crippen molar-refractivity contribution in [1.82, 2.24) is 15.6 Å². The van der Waals surface area contributed by atoms with Gasteiger partial charge in [0.2, 0.25) is 0 Å².